The molecule has 0 fully saturated rings. The van der Waals surface area contributed by atoms with Crippen molar-refractivity contribution in [3.05, 3.63) is 91.7 Å². The molecular weight excluding hydrogens is 588 g/mol. The molecule has 0 spiro atoms. The van der Waals surface area contributed by atoms with Gasteiger partial charge in [-0.15, -0.1) is 0 Å². The Balaban J connectivity index is 1.56. The summed E-state index contributed by atoms with van der Waals surface area (Å²) in [5.41, 5.74) is 4.95. The van der Waals surface area contributed by atoms with Gasteiger partial charge >= 0.3 is 0 Å². The standard InChI is InChI=1S/C26H22Br2N6O2/c1-15-9-18(34-8-7-29-26(34)28)11-20-22(15)33-24(32-20)21-23(19(27)13-31-25(21)36)30-12-17(14-35)10-16-5-3-2-4-6-16/h2-9,11-13,17,35H,10,14H2,1H3,(H,31,36)(H,32,33). The number of hydrogen-bond acceptors (Lipinski definition) is 5. The van der Waals surface area contributed by atoms with E-state index in [1.54, 1.807) is 18.6 Å². The highest BCUT2D eigenvalue weighted by Gasteiger charge is 2.19. The maximum atomic E-state index is 13.0. The molecule has 182 valence electrons. The lowest BCUT2D eigenvalue weighted by atomic mass is 10.0. The molecule has 0 saturated carbocycles. The lowest BCUT2D eigenvalue weighted by Gasteiger charge is -2.10. The van der Waals surface area contributed by atoms with Gasteiger partial charge in [-0.25, -0.2) is 9.97 Å². The zero-order valence-electron chi connectivity index (χ0n) is 19.2. The van der Waals surface area contributed by atoms with Crippen LogP contribution in [0.25, 0.3) is 28.1 Å². The number of nitrogens with zero attached hydrogens (tertiary/aromatic N) is 4. The molecule has 3 heterocycles. The largest absolute Gasteiger partial charge is 0.396 e. The Bertz CT molecular complexity index is 1620. The number of fused-ring (bicyclic) bond motifs is 1. The summed E-state index contributed by atoms with van der Waals surface area (Å²) in [5, 5.41) is 9.93. The van der Waals surface area contributed by atoms with Gasteiger partial charge < -0.3 is 15.1 Å². The van der Waals surface area contributed by atoms with Gasteiger partial charge in [-0.3, -0.25) is 14.4 Å². The lowest BCUT2D eigenvalue weighted by Crippen LogP contribution is -2.12. The van der Waals surface area contributed by atoms with Crippen molar-refractivity contribution in [2.24, 2.45) is 10.9 Å². The Labute approximate surface area is 223 Å². The second-order valence-corrected chi connectivity index (χ2v) is 9.97. The number of aromatic amines is 2. The predicted octanol–water partition coefficient (Wildman–Crippen LogP) is 5.49. The first kappa shape index (κ1) is 24.4. The van der Waals surface area contributed by atoms with E-state index in [1.165, 1.54) is 0 Å². The normalized spacial score (nSPS) is 12.6. The molecule has 5 rings (SSSR count). The highest BCUT2D eigenvalue weighted by molar-refractivity contribution is 9.10. The summed E-state index contributed by atoms with van der Waals surface area (Å²) < 4.78 is 3.22. The van der Waals surface area contributed by atoms with Gasteiger partial charge in [-0.2, -0.15) is 0 Å². The fraction of sp³-hybridized carbons (Fsp3) is 0.154. The molecule has 1 unspecified atom stereocenters. The van der Waals surface area contributed by atoms with Crippen LogP contribution in [0.4, 0.5) is 5.69 Å². The minimum absolute atomic E-state index is 0.0645. The Kier molecular flexibility index (Phi) is 6.99. The zero-order valence-corrected chi connectivity index (χ0v) is 22.4. The van der Waals surface area contributed by atoms with Gasteiger partial charge in [0.1, 0.15) is 11.4 Å². The maximum Gasteiger partial charge on any atom is 0.261 e. The van der Waals surface area contributed by atoms with Gasteiger partial charge in [0, 0.05) is 30.7 Å². The van der Waals surface area contributed by atoms with Crippen LogP contribution in [0.1, 0.15) is 11.1 Å². The van der Waals surface area contributed by atoms with Crippen LogP contribution in [0, 0.1) is 12.8 Å². The molecule has 36 heavy (non-hydrogen) atoms. The molecule has 0 radical (unpaired) electrons. The molecule has 0 aliphatic rings. The molecule has 0 amide bonds. The van der Waals surface area contributed by atoms with Crippen molar-refractivity contribution in [1.82, 2.24) is 24.5 Å². The summed E-state index contributed by atoms with van der Waals surface area (Å²) in [6, 6.07) is 13.9. The minimum atomic E-state index is -0.316. The number of imidazole rings is 2. The molecule has 1 atom stereocenters. The highest BCUT2D eigenvalue weighted by Crippen LogP contribution is 2.34. The van der Waals surface area contributed by atoms with Crippen molar-refractivity contribution >= 4 is 54.8 Å². The molecule has 5 aromatic rings. The second-order valence-electron chi connectivity index (χ2n) is 8.41. The van der Waals surface area contributed by atoms with Crippen molar-refractivity contribution in [3.8, 4) is 17.1 Å². The van der Waals surface area contributed by atoms with Crippen molar-refractivity contribution in [1.29, 1.82) is 0 Å². The summed E-state index contributed by atoms with van der Waals surface area (Å²) in [5.74, 6) is 0.203. The molecule has 3 aromatic heterocycles. The van der Waals surface area contributed by atoms with E-state index in [9.17, 15) is 9.90 Å². The summed E-state index contributed by atoms with van der Waals surface area (Å²) in [6.07, 6.45) is 7.46. The van der Waals surface area contributed by atoms with E-state index in [-0.39, 0.29) is 18.1 Å². The van der Waals surface area contributed by atoms with Crippen LogP contribution >= 0.6 is 31.9 Å². The maximum absolute atomic E-state index is 13.0. The van der Waals surface area contributed by atoms with Crippen LogP contribution in [0.3, 0.4) is 0 Å². The SMILES string of the molecule is Cc1cc(-n2ccnc2Br)cc2[nH]c(-c3c(N=CC(CO)Cc4ccccc4)c(Br)c[nH]c3=O)nc12. The lowest BCUT2D eigenvalue weighted by molar-refractivity contribution is 0.263. The number of H-pyrrole nitrogens is 2. The molecular formula is C26H22Br2N6O2. The molecule has 8 nitrogen and oxygen atoms in total. The van der Waals surface area contributed by atoms with Crippen molar-refractivity contribution in [2.75, 3.05) is 6.61 Å². The monoisotopic (exact) mass is 608 g/mol. The van der Waals surface area contributed by atoms with Gasteiger partial charge in [-0.05, 0) is 68.5 Å². The highest BCUT2D eigenvalue weighted by atomic mass is 79.9. The van der Waals surface area contributed by atoms with E-state index < -0.39 is 0 Å². The van der Waals surface area contributed by atoms with E-state index in [0.29, 0.717) is 32.7 Å². The van der Waals surface area contributed by atoms with Gasteiger partial charge in [0.05, 0.1) is 33.5 Å². The predicted molar refractivity (Wildman–Crippen MR) is 148 cm³/mol. The van der Waals surface area contributed by atoms with E-state index in [0.717, 1.165) is 27.8 Å². The molecule has 10 heteroatoms. The van der Waals surface area contributed by atoms with Crippen molar-refractivity contribution in [2.45, 2.75) is 13.3 Å². The van der Waals surface area contributed by atoms with Gasteiger partial charge in [0.15, 0.2) is 4.73 Å². The number of rotatable bonds is 7. The van der Waals surface area contributed by atoms with Crippen LogP contribution in [0.2, 0.25) is 0 Å². The average Bonchev–Trinajstić information content (AvgIpc) is 3.50. The average molecular weight is 610 g/mol. The molecule has 2 aromatic carbocycles. The first-order chi connectivity index (χ1) is 17.4. The summed E-state index contributed by atoms with van der Waals surface area (Å²) in [7, 11) is 0. The molecule has 0 aliphatic carbocycles. The van der Waals surface area contributed by atoms with Gasteiger partial charge in [-0.1, -0.05) is 30.3 Å². The summed E-state index contributed by atoms with van der Waals surface area (Å²) >= 11 is 6.98. The quantitative estimate of drug-likeness (QED) is 0.212. The Morgan fingerprint density at radius 3 is 2.75 bits per heavy atom. The fourth-order valence-corrected chi connectivity index (χ4v) is 4.97. The fourth-order valence-electron chi connectivity index (χ4n) is 4.11. The zero-order chi connectivity index (χ0) is 25.2. The number of pyridine rings is 1. The van der Waals surface area contributed by atoms with Gasteiger partial charge in [0.25, 0.3) is 5.56 Å². The number of aliphatic hydroxyl groups excluding tert-OH is 1. The number of halogens is 2. The Hall–Kier alpha value is -3.34. The third kappa shape index (κ3) is 4.84. The smallest absolute Gasteiger partial charge is 0.261 e. The van der Waals surface area contributed by atoms with Crippen LogP contribution in [0.15, 0.2) is 80.0 Å². The van der Waals surface area contributed by atoms with E-state index in [2.05, 4.69) is 51.8 Å². The topological polar surface area (TPSA) is 112 Å². The van der Waals surface area contributed by atoms with Crippen LogP contribution in [-0.4, -0.2) is 42.4 Å². The van der Waals surface area contributed by atoms with Crippen LogP contribution in [-0.2, 0) is 6.42 Å². The Morgan fingerprint density at radius 1 is 1.22 bits per heavy atom. The van der Waals surface area contributed by atoms with Crippen molar-refractivity contribution < 1.29 is 5.11 Å². The van der Waals surface area contributed by atoms with E-state index in [1.807, 2.05) is 60.2 Å². The minimum Gasteiger partial charge on any atom is -0.396 e. The third-order valence-corrected chi connectivity index (χ3v) is 7.07. The van der Waals surface area contributed by atoms with E-state index in [4.69, 9.17) is 4.98 Å². The Morgan fingerprint density at radius 2 is 2.03 bits per heavy atom. The number of aryl methyl sites for hydroxylation is 1. The summed E-state index contributed by atoms with van der Waals surface area (Å²) in [6.45, 7) is 1.91. The molecule has 3 N–H and O–H groups in total. The first-order valence-corrected chi connectivity index (χ1v) is 12.8. The van der Waals surface area contributed by atoms with Crippen LogP contribution < -0.4 is 5.56 Å². The number of aliphatic imine (C=N–C) groups is 1. The number of nitrogens with one attached hydrogen (secondary N) is 2. The third-order valence-electron chi connectivity index (χ3n) is 5.88. The summed E-state index contributed by atoms with van der Waals surface area (Å²) in [4.78, 5) is 32.6. The number of aromatic nitrogens is 5. The molecule has 0 aliphatic heterocycles. The number of benzene rings is 2. The number of hydrogen-bond donors (Lipinski definition) is 3. The van der Waals surface area contributed by atoms with Crippen LogP contribution in [0.5, 0.6) is 0 Å². The van der Waals surface area contributed by atoms with Crippen molar-refractivity contribution in [3.63, 3.8) is 0 Å². The van der Waals surface area contributed by atoms with E-state index >= 15 is 0 Å². The second kappa shape index (κ2) is 10.3. The number of aliphatic hydroxyl groups is 1. The first-order valence-electron chi connectivity index (χ1n) is 11.2. The molecule has 0 saturated heterocycles. The van der Waals surface area contributed by atoms with Gasteiger partial charge in [0.2, 0.25) is 0 Å². The molecule has 0 bridgehead atoms.